The van der Waals surface area contributed by atoms with E-state index in [2.05, 4.69) is 52.7 Å². The molecule has 1 saturated heterocycles. The van der Waals surface area contributed by atoms with Crippen LogP contribution in [0.2, 0.25) is 0 Å². The molecule has 1 aliphatic heterocycles. The van der Waals surface area contributed by atoms with Crippen LogP contribution in [-0.2, 0) is 11.2 Å². The highest BCUT2D eigenvalue weighted by molar-refractivity contribution is 5.90. The number of carbonyl (C=O) groups is 1. The van der Waals surface area contributed by atoms with E-state index in [0.717, 1.165) is 23.9 Å². The van der Waals surface area contributed by atoms with Gasteiger partial charge in [-0.25, -0.2) is 0 Å². The van der Waals surface area contributed by atoms with Gasteiger partial charge >= 0.3 is 0 Å². The topological polar surface area (TPSA) is 32.3 Å². The summed E-state index contributed by atoms with van der Waals surface area (Å²) in [6.07, 6.45) is 2.74. The number of hydrogen-bond acceptors (Lipinski definition) is 2. The average molecular weight is 344 g/mol. The Bertz CT molecular complexity index is 886. The molecule has 3 heteroatoms. The predicted octanol–water partition coefficient (Wildman–Crippen LogP) is 4.17. The predicted molar refractivity (Wildman–Crippen MR) is 107 cm³/mol. The molecule has 0 spiro atoms. The van der Waals surface area contributed by atoms with E-state index < -0.39 is 0 Å². The van der Waals surface area contributed by atoms with Crippen LogP contribution in [0, 0.1) is 0 Å². The maximum Gasteiger partial charge on any atom is 0.224 e. The maximum absolute atomic E-state index is 12.5. The first-order valence-corrected chi connectivity index (χ1v) is 9.36. The first-order valence-electron chi connectivity index (χ1n) is 9.36. The standard InChI is InChI=1S/C23H24N2O/c26-23(16-19-10-6-9-18-8-4-5-14-22(18)19)24-17-21-13-7-15-25(21)20-11-2-1-3-12-20/h1-6,8-12,14,21H,7,13,15-17H2,(H,24,26). The minimum absolute atomic E-state index is 0.0984. The van der Waals surface area contributed by atoms with E-state index in [1.165, 1.54) is 17.5 Å². The van der Waals surface area contributed by atoms with Gasteiger partial charge in [0.25, 0.3) is 0 Å². The van der Waals surface area contributed by atoms with E-state index in [0.29, 0.717) is 19.0 Å². The zero-order chi connectivity index (χ0) is 17.8. The third-order valence-electron chi connectivity index (χ3n) is 5.23. The lowest BCUT2D eigenvalue weighted by atomic mass is 10.0. The van der Waals surface area contributed by atoms with Crippen LogP contribution < -0.4 is 10.2 Å². The zero-order valence-electron chi connectivity index (χ0n) is 14.9. The van der Waals surface area contributed by atoms with Gasteiger partial charge in [-0.3, -0.25) is 4.79 Å². The molecule has 1 heterocycles. The molecule has 0 bridgehead atoms. The molecule has 0 aromatic heterocycles. The largest absolute Gasteiger partial charge is 0.367 e. The molecule has 3 nitrogen and oxygen atoms in total. The second kappa shape index (κ2) is 7.61. The van der Waals surface area contributed by atoms with Crippen LogP contribution in [0.5, 0.6) is 0 Å². The van der Waals surface area contributed by atoms with E-state index in [9.17, 15) is 4.79 Å². The molecule has 0 saturated carbocycles. The fourth-order valence-electron chi connectivity index (χ4n) is 3.92. The van der Waals surface area contributed by atoms with Gasteiger partial charge in [-0.2, -0.15) is 0 Å². The van der Waals surface area contributed by atoms with E-state index in [-0.39, 0.29) is 5.91 Å². The van der Waals surface area contributed by atoms with Crippen molar-refractivity contribution in [2.45, 2.75) is 25.3 Å². The van der Waals surface area contributed by atoms with Crippen molar-refractivity contribution in [2.75, 3.05) is 18.0 Å². The molecule has 1 atom stereocenters. The van der Waals surface area contributed by atoms with Crippen LogP contribution in [-0.4, -0.2) is 25.0 Å². The lowest BCUT2D eigenvalue weighted by Gasteiger charge is -2.27. The minimum Gasteiger partial charge on any atom is -0.367 e. The van der Waals surface area contributed by atoms with Gasteiger partial charge in [0.2, 0.25) is 5.91 Å². The van der Waals surface area contributed by atoms with Gasteiger partial charge in [-0.05, 0) is 41.3 Å². The molecule has 132 valence electrons. The van der Waals surface area contributed by atoms with Gasteiger partial charge in [0.15, 0.2) is 0 Å². The Morgan fingerprint density at radius 1 is 0.962 bits per heavy atom. The number of carbonyl (C=O) groups excluding carboxylic acids is 1. The van der Waals surface area contributed by atoms with E-state index in [4.69, 9.17) is 0 Å². The summed E-state index contributed by atoms with van der Waals surface area (Å²) in [5.74, 6) is 0.0984. The number of nitrogens with one attached hydrogen (secondary N) is 1. The number of fused-ring (bicyclic) bond motifs is 1. The van der Waals surface area contributed by atoms with Gasteiger partial charge in [-0.1, -0.05) is 60.7 Å². The Balaban J connectivity index is 1.39. The molecule has 0 radical (unpaired) electrons. The highest BCUT2D eigenvalue weighted by atomic mass is 16.1. The monoisotopic (exact) mass is 344 g/mol. The van der Waals surface area contributed by atoms with Crippen molar-refractivity contribution in [1.29, 1.82) is 0 Å². The minimum atomic E-state index is 0.0984. The number of benzene rings is 3. The van der Waals surface area contributed by atoms with Crippen molar-refractivity contribution in [3.05, 3.63) is 78.4 Å². The zero-order valence-corrected chi connectivity index (χ0v) is 14.9. The lowest BCUT2D eigenvalue weighted by molar-refractivity contribution is -0.120. The molecule has 1 fully saturated rings. The Morgan fingerprint density at radius 2 is 1.73 bits per heavy atom. The quantitative estimate of drug-likeness (QED) is 0.753. The number of rotatable bonds is 5. The first kappa shape index (κ1) is 16.6. The molecular weight excluding hydrogens is 320 g/mol. The highest BCUT2D eigenvalue weighted by Gasteiger charge is 2.24. The number of hydrogen-bond donors (Lipinski definition) is 1. The van der Waals surface area contributed by atoms with Gasteiger partial charge in [0, 0.05) is 24.8 Å². The number of nitrogens with zero attached hydrogens (tertiary/aromatic N) is 1. The summed E-state index contributed by atoms with van der Waals surface area (Å²) in [5, 5.41) is 5.50. The van der Waals surface area contributed by atoms with Gasteiger partial charge in [0.05, 0.1) is 6.42 Å². The molecule has 1 amide bonds. The average Bonchev–Trinajstić information content (AvgIpc) is 3.16. The summed E-state index contributed by atoms with van der Waals surface area (Å²) in [6, 6.07) is 25.3. The Morgan fingerprint density at radius 3 is 2.62 bits per heavy atom. The maximum atomic E-state index is 12.5. The summed E-state index contributed by atoms with van der Waals surface area (Å²) >= 11 is 0. The van der Waals surface area contributed by atoms with Crippen LogP contribution in [0.25, 0.3) is 10.8 Å². The molecule has 4 rings (SSSR count). The van der Waals surface area contributed by atoms with Crippen LogP contribution in [0.15, 0.2) is 72.8 Å². The summed E-state index contributed by atoms with van der Waals surface area (Å²) < 4.78 is 0. The molecule has 1 aliphatic rings. The number of para-hydroxylation sites is 1. The van der Waals surface area contributed by atoms with Crippen molar-refractivity contribution in [3.8, 4) is 0 Å². The summed E-state index contributed by atoms with van der Waals surface area (Å²) in [7, 11) is 0. The van der Waals surface area contributed by atoms with Crippen LogP contribution in [0.4, 0.5) is 5.69 Å². The molecule has 26 heavy (non-hydrogen) atoms. The Labute approximate surface area is 154 Å². The smallest absolute Gasteiger partial charge is 0.224 e. The van der Waals surface area contributed by atoms with Gasteiger partial charge in [-0.15, -0.1) is 0 Å². The SMILES string of the molecule is O=C(Cc1cccc2ccccc12)NCC1CCCN1c1ccccc1. The summed E-state index contributed by atoms with van der Waals surface area (Å²) in [5.41, 5.74) is 2.34. The van der Waals surface area contributed by atoms with E-state index in [1.54, 1.807) is 0 Å². The van der Waals surface area contributed by atoms with Crippen molar-refractivity contribution in [1.82, 2.24) is 5.32 Å². The molecule has 3 aromatic carbocycles. The van der Waals surface area contributed by atoms with Gasteiger partial charge in [0.1, 0.15) is 0 Å². The second-order valence-corrected chi connectivity index (χ2v) is 6.94. The Hall–Kier alpha value is -2.81. The second-order valence-electron chi connectivity index (χ2n) is 6.94. The molecule has 0 aliphatic carbocycles. The fraction of sp³-hybridized carbons (Fsp3) is 0.261. The van der Waals surface area contributed by atoms with Gasteiger partial charge < -0.3 is 10.2 Å². The molecule has 1 N–H and O–H groups in total. The lowest BCUT2D eigenvalue weighted by Crippen LogP contribution is -2.40. The third kappa shape index (κ3) is 3.57. The van der Waals surface area contributed by atoms with Crippen molar-refractivity contribution < 1.29 is 4.79 Å². The summed E-state index contributed by atoms with van der Waals surface area (Å²) in [6.45, 7) is 1.77. The van der Waals surface area contributed by atoms with E-state index in [1.807, 2.05) is 30.3 Å². The molecule has 3 aromatic rings. The van der Waals surface area contributed by atoms with Crippen molar-refractivity contribution >= 4 is 22.4 Å². The number of anilines is 1. The summed E-state index contributed by atoms with van der Waals surface area (Å²) in [4.78, 5) is 14.9. The first-order chi connectivity index (χ1) is 12.8. The van der Waals surface area contributed by atoms with Crippen LogP contribution in [0.3, 0.4) is 0 Å². The molecule has 1 unspecified atom stereocenters. The number of amides is 1. The van der Waals surface area contributed by atoms with Crippen molar-refractivity contribution in [3.63, 3.8) is 0 Å². The highest BCUT2D eigenvalue weighted by Crippen LogP contribution is 2.25. The molecular formula is C23H24N2O. The Kier molecular flexibility index (Phi) is 4.87. The van der Waals surface area contributed by atoms with Crippen LogP contribution in [0.1, 0.15) is 18.4 Å². The van der Waals surface area contributed by atoms with Crippen LogP contribution >= 0.6 is 0 Å². The fourth-order valence-corrected chi connectivity index (χ4v) is 3.92. The van der Waals surface area contributed by atoms with Crippen molar-refractivity contribution in [2.24, 2.45) is 0 Å². The van der Waals surface area contributed by atoms with E-state index >= 15 is 0 Å². The third-order valence-corrected chi connectivity index (χ3v) is 5.23. The normalized spacial score (nSPS) is 16.8.